The maximum absolute atomic E-state index is 12.6. The summed E-state index contributed by atoms with van der Waals surface area (Å²) in [5.74, 6) is 1.08. The number of ether oxygens (including phenoxy) is 2. The molecule has 0 atom stereocenters. The zero-order valence-electron chi connectivity index (χ0n) is 17.3. The molecule has 7 nitrogen and oxygen atoms in total. The number of hydrogen-bond acceptors (Lipinski definition) is 5. The van der Waals surface area contributed by atoms with E-state index in [1.165, 1.54) is 23.0 Å². The number of aromatic nitrogens is 2. The van der Waals surface area contributed by atoms with Gasteiger partial charge in [-0.1, -0.05) is 29.3 Å². The Morgan fingerprint density at radius 1 is 1.10 bits per heavy atom. The van der Waals surface area contributed by atoms with Crippen molar-refractivity contribution in [3.63, 3.8) is 0 Å². The first-order valence-corrected chi connectivity index (χ1v) is 10.7. The molecule has 31 heavy (non-hydrogen) atoms. The Hall–Kier alpha value is -2.77. The van der Waals surface area contributed by atoms with Gasteiger partial charge in [0, 0.05) is 11.6 Å². The third-order valence-corrected chi connectivity index (χ3v) is 5.01. The first-order chi connectivity index (χ1) is 14.9. The number of carbonyl (C=O) groups is 1. The fourth-order valence-electron chi connectivity index (χ4n) is 3.12. The molecule has 0 spiro atoms. The van der Waals surface area contributed by atoms with Crippen molar-refractivity contribution < 1.29 is 14.3 Å². The lowest BCUT2D eigenvalue weighted by Crippen LogP contribution is -2.33. The summed E-state index contributed by atoms with van der Waals surface area (Å²) in [6.07, 6.45) is 1.92. The predicted molar refractivity (Wildman–Crippen MR) is 122 cm³/mol. The highest BCUT2D eigenvalue weighted by molar-refractivity contribution is 6.38. The minimum Gasteiger partial charge on any atom is -0.490 e. The van der Waals surface area contributed by atoms with Crippen LogP contribution < -0.4 is 20.3 Å². The van der Waals surface area contributed by atoms with E-state index < -0.39 is 0 Å². The number of nitrogens with one attached hydrogen (secondary N) is 1. The van der Waals surface area contributed by atoms with E-state index in [1.54, 1.807) is 0 Å². The Morgan fingerprint density at radius 3 is 2.58 bits per heavy atom. The van der Waals surface area contributed by atoms with Crippen LogP contribution in [0.25, 0.3) is 10.9 Å². The molecule has 0 aliphatic carbocycles. The van der Waals surface area contributed by atoms with Crippen molar-refractivity contribution in [2.75, 3.05) is 19.8 Å². The quantitative estimate of drug-likeness (QED) is 0.520. The van der Waals surface area contributed by atoms with Gasteiger partial charge in [0.2, 0.25) is 5.91 Å². The van der Waals surface area contributed by atoms with Gasteiger partial charge in [0.15, 0.2) is 11.5 Å². The molecule has 164 valence electrons. The highest BCUT2D eigenvalue weighted by atomic mass is 35.5. The van der Waals surface area contributed by atoms with E-state index in [0.717, 1.165) is 5.56 Å². The van der Waals surface area contributed by atoms with Gasteiger partial charge >= 0.3 is 0 Å². The third kappa shape index (κ3) is 5.68. The molecule has 1 aromatic heterocycles. The van der Waals surface area contributed by atoms with Crippen molar-refractivity contribution in [1.82, 2.24) is 14.9 Å². The molecule has 0 bridgehead atoms. The van der Waals surface area contributed by atoms with E-state index in [1.807, 2.05) is 32.0 Å². The van der Waals surface area contributed by atoms with Crippen LogP contribution in [0.15, 0.2) is 41.5 Å². The number of halogens is 2. The van der Waals surface area contributed by atoms with Crippen LogP contribution in [0, 0.1) is 0 Å². The minimum absolute atomic E-state index is 0.153. The molecule has 3 rings (SSSR count). The van der Waals surface area contributed by atoms with Gasteiger partial charge in [0.1, 0.15) is 6.54 Å². The van der Waals surface area contributed by atoms with Gasteiger partial charge in [-0.25, -0.2) is 4.98 Å². The van der Waals surface area contributed by atoms with Crippen LogP contribution in [-0.4, -0.2) is 35.2 Å². The first-order valence-electron chi connectivity index (χ1n) is 9.92. The zero-order valence-corrected chi connectivity index (χ0v) is 18.8. The second kappa shape index (κ2) is 10.5. The van der Waals surface area contributed by atoms with Crippen LogP contribution in [0.3, 0.4) is 0 Å². The molecular weight excluding hydrogens is 441 g/mol. The van der Waals surface area contributed by atoms with Crippen LogP contribution in [0.1, 0.15) is 19.4 Å². The molecular formula is C22H23Cl2N3O4. The second-order valence-corrected chi connectivity index (χ2v) is 7.55. The highest BCUT2D eigenvalue weighted by Crippen LogP contribution is 2.28. The van der Waals surface area contributed by atoms with Gasteiger partial charge in [-0.2, -0.15) is 0 Å². The minimum atomic E-state index is -0.377. The summed E-state index contributed by atoms with van der Waals surface area (Å²) in [5.41, 5.74) is 0.978. The predicted octanol–water partition coefficient (Wildman–Crippen LogP) is 3.86. The second-order valence-electron chi connectivity index (χ2n) is 6.71. The van der Waals surface area contributed by atoms with Crippen LogP contribution in [0.5, 0.6) is 11.5 Å². The maximum atomic E-state index is 12.6. The fourth-order valence-corrected chi connectivity index (χ4v) is 3.66. The summed E-state index contributed by atoms with van der Waals surface area (Å²) in [6.45, 7) is 5.17. The van der Waals surface area contributed by atoms with E-state index in [-0.39, 0.29) is 28.4 Å². The number of rotatable bonds is 9. The normalized spacial score (nSPS) is 10.8. The standard InChI is InChI=1S/C22H23Cl2N3O4/c1-3-30-18-6-5-14(9-19(18)31-4-2)7-8-25-20(28)12-27-13-26-21-16(22(27)29)10-15(23)11-17(21)24/h5-6,9-11,13H,3-4,7-8,12H2,1-2H3,(H,25,28). The number of hydrogen-bond donors (Lipinski definition) is 1. The molecule has 0 aliphatic heterocycles. The largest absolute Gasteiger partial charge is 0.490 e. The Balaban J connectivity index is 1.63. The Morgan fingerprint density at radius 2 is 1.84 bits per heavy atom. The smallest absolute Gasteiger partial charge is 0.261 e. The first kappa shape index (κ1) is 22.9. The third-order valence-electron chi connectivity index (χ3n) is 4.50. The Labute approximate surface area is 189 Å². The highest BCUT2D eigenvalue weighted by Gasteiger charge is 2.12. The van der Waals surface area contributed by atoms with E-state index in [4.69, 9.17) is 32.7 Å². The van der Waals surface area contributed by atoms with Crippen molar-refractivity contribution in [3.05, 3.63) is 62.6 Å². The number of amides is 1. The van der Waals surface area contributed by atoms with Crippen molar-refractivity contribution in [2.45, 2.75) is 26.8 Å². The molecule has 0 aliphatic rings. The van der Waals surface area contributed by atoms with Crippen LogP contribution in [-0.2, 0) is 17.8 Å². The molecule has 0 saturated carbocycles. The monoisotopic (exact) mass is 463 g/mol. The SMILES string of the molecule is CCOc1ccc(CCNC(=O)Cn2cnc3c(Cl)cc(Cl)cc3c2=O)cc1OCC. The average Bonchev–Trinajstić information content (AvgIpc) is 2.72. The number of carbonyl (C=O) groups excluding carboxylic acids is 1. The van der Waals surface area contributed by atoms with E-state index in [9.17, 15) is 9.59 Å². The van der Waals surface area contributed by atoms with Gasteiger partial charge in [0.05, 0.1) is 35.5 Å². The van der Waals surface area contributed by atoms with Gasteiger partial charge in [-0.15, -0.1) is 0 Å². The van der Waals surface area contributed by atoms with Crippen LogP contribution in [0.2, 0.25) is 10.0 Å². The van der Waals surface area contributed by atoms with Gasteiger partial charge in [0.25, 0.3) is 5.56 Å². The molecule has 9 heteroatoms. The summed E-state index contributed by atoms with van der Waals surface area (Å²) in [4.78, 5) is 29.2. The maximum Gasteiger partial charge on any atom is 0.261 e. The molecule has 1 amide bonds. The zero-order chi connectivity index (χ0) is 22.4. The molecule has 2 aromatic carbocycles. The average molecular weight is 464 g/mol. The summed E-state index contributed by atoms with van der Waals surface area (Å²) in [6, 6.07) is 8.72. The number of fused-ring (bicyclic) bond motifs is 1. The molecule has 0 fully saturated rings. The molecule has 0 saturated heterocycles. The molecule has 1 heterocycles. The Kier molecular flexibility index (Phi) is 7.76. The number of benzene rings is 2. The summed E-state index contributed by atoms with van der Waals surface area (Å²) in [5, 5.41) is 3.71. The van der Waals surface area contributed by atoms with E-state index >= 15 is 0 Å². The van der Waals surface area contributed by atoms with Crippen molar-refractivity contribution >= 4 is 40.0 Å². The van der Waals surface area contributed by atoms with Gasteiger partial charge in [-0.05, 0) is 50.1 Å². The van der Waals surface area contributed by atoms with Crippen LogP contribution >= 0.6 is 23.2 Å². The fraction of sp³-hybridized carbons (Fsp3) is 0.318. The van der Waals surface area contributed by atoms with Gasteiger partial charge in [-0.3, -0.25) is 14.2 Å². The molecule has 3 aromatic rings. The molecule has 0 unspecified atom stereocenters. The van der Waals surface area contributed by atoms with Gasteiger partial charge < -0.3 is 14.8 Å². The lowest BCUT2D eigenvalue weighted by Gasteiger charge is -2.13. The van der Waals surface area contributed by atoms with Crippen LogP contribution in [0.4, 0.5) is 0 Å². The summed E-state index contributed by atoms with van der Waals surface area (Å²) < 4.78 is 12.4. The topological polar surface area (TPSA) is 82.5 Å². The molecule has 1 N–H and O–H groups in total. The van der Waals surface area contributed by atoms with Crippen molar-refractivity contribution in [3.8, 4) is 11.5 Å². The molecule has 0 radical (unpaired) electrons. The van der Waals surface area contributed by atoms with Crippen molar-refractivity contribution in [1.29, 1.82) is 0 Å². The lowest BCUT2D eigenvalue weighted by atomic mass is 10.1. The number of nitrogens with zero attached hydrogens (tertiary/aromatic N) is 2. The lowest BCUT2D eigenvalue weighted by molar-refractivity contribution is -0.121. The van der Waals surface area contributed by atoms with E-state index in [2.05, 4.69) is 10.3 Å². The van der Waals surface area contributed by atoms with Crippen molar-refractivity contribution in [2.24, 2.45) is 0 Å². The summed E-state index contributed by atoms with van der Waals surface area (Å²) >= 11 is 12.1. The Bertz CT molecular complexity index is 1150. The van der Waals surface area contributed by atoms with E-state index in [0.29, 0.717) is 48.2 Å². The summed E-state index contributed by atoms with van der Waals surface area (Å²) in [7, 11) is 0.